The van der Waals surface area contributed by atoms with E-state index >= 15 is 0 Å². The van der Waals surface area contributed by atoms with E-state index in [2.05, 4.69) is 0 Å². The molecular weight excluding hydrogens is 290 g/mol. The number of nitrogens with zero attached hydrogens (tertiary/aromatic N) is 1. The SMILES string of the molecule is O=[N+]([O-])c1ccccc1CC(Cl)c1ccc2c(c1)COC2. The van der Waals surface area contributed by atoms with Gasteiger partial charge in [-0.05, 0) is 23.1 Å². The summed E-state index contributed by atoms with van der Waals surface area (Å²) in [6.07, 6.45) is 0.429. The summed E-state index contributed by atoms with van der Waals surface area (Å²) in [5, 5.41) is 10.7. The summed E-state index contributed by atoms with van der Waals surface area (Å²) in [5.41, 5.74) is 4.08. The minimum Gasteiger partial charge on any atom is -0.372 e. The van der Waals surface area contributed by atoms with E-state index in [1.165, 1.54) is 11.6 Å². The Morgan fingerprint density at radius 2 is 1.95 bits per heavy atom. The predicted octanol–water partition coefficient (Wildman–Crippen LogP) is 4.15. The molecule has 0 amide bonds. The minimum atomic E-state index is -0.366. The monoisotopic (exact) mass is 303 g/mol. The Labute approximate surface area is 127 Å². The van der Waals surface area contributed by atoms with Crippen molar-refractivity contribution >= 4 is 17.3 Å². The molecule has 4 nitrogen and oxygen atoms in total. The number of ether oxygens (including phenoxy) is 1. The topological polar surface area (TPSA) is 52.4 Å². The van der Waals surface area contributed by atoms with Crippen LogP contribution in [-0.4, -0.2) is 4.92 Å². The summed E-state index contributed by atoms with van der Waals surface area (Å²) in [6, 6.07) is 12.8. The van der Waals surface area contributed by atoms with Gasteiger partial charge < -0.3 is 4.74 Å². The molecule has 0 aromatic heterocycles. The third kappa shape index (κ3) is 2.91. The summed E-state index contributed by atoms with van der Waals surface area (Å²) in [7, 11) is 0. The number of fused-ring (bicyclic) bond motifs is 1. The number of nitro groups is 1. The third-order valence-corrected chi connectivity index (χ3v) is 4.10. The van der Waals surface area contributed by atoms with Crippen LogP contribution < -0.4 is 0 Å². The van der Waals surface area contributed by atoms with Crippen molar-refractivity contribution in [2.24, 2.45) is 0 Å². The lowest BCUT2D eigenvalue weighted by molar-refractivity contribution is -0.385. The lowest BCUT2D eigenvalue weighted by atomic mass is 9.99. The molecular formula is C16H14ClNO3. The Balaban J connectivity index is 1.83. The van der Waals surface area contributed by atoms with Crippen LogP contribution in [0.1, 0.15) is 27.6 Å². The summed E-state index contributed by atoms with van der Waals surface area (Å²) < 4.78 is 5.39. The highest BCUT2D eigenvalue weighted by Gasteiger charge is 2.19. The number of hydrogen-bond acceptors (Lipinski definition) is 3. The Kier molecular flexibility index (Phi) is 3.90. The third-order valence-electron chi connectivity index (χ3n) is 3.69. The number of para-hydroxylation sites is 1. The molecule has 0 radical (unpaired) electrons. The number of rotatable bonds is 4. The van der Waals surface area contributed by atoms with Gasteiger partial charge in [0.2, 0.25) is 0 Å². The Morgan fingerprint density at radius 3 is 2.76 bits per heavy atom. The van der Waals surface area contributed by atoms with Crippen molar-refractivity contribution in [3.63, 3.8) is 0 Å². The van der Waals surface area contributed by atoms with Gasteiger partial charge in [0.15, 0.2) is 0 Å². The van der Waals surface area contributed by atoms with Gasteiger partial charge >= 0.3 is 0 Å². The minimum absolute atomic E-state index is 0.118. The zero-order valence-corrected chi connectivity index (χ0v) is 12.0. The molecule has 0 saturated heterocycles. The van der Waals surface area contributed by atoms with Gasteiger partial charge in [0.1, 0.15) is 0 Å². The first kappa shape index (κ1) is 14.0. The highest BCUT2D eigenvalue weighted by atomic mass is 35.5. The summed E-state index contributed by atoms with van der Waals surface area (Å²) >= 11 is 6.46. The maximum Gasteiger partial charge on any atom is 0.272 e. The van der Waals surface area contributed by atoms with Crippen LogP contribution in [0.2, 0.25) is 0 Å². The van der Waals surface area contributed by atoms with Crippen molar-refractivity contribution in [3.8, 4) is 0 Å². The Hall–Kier alpha value is -1.91. The summed E-state index contributed by atoms with van der Waals surface area (Å²) in [5.74, 6) is 0. The first-order chi connectivity index (χ1) is 10.1. The van der Waals surface area contributed by atoms with E-state index in [1.54, 1.807) is 18.2 Å². The molecule has 1 aliphatic rings. The lowest BCUT2D eigenvalue weighted by Crippen LogP contribution is -2.01. The second-order valence-electron chi connectivity index (χ2n) is 5.08. The maximum absolute atomic E-state index is 11.0. The highest BCUT2D eigenvalue weighted by Crippen LogP contribution is 2.31. The molecule has 1 aliphatic heterocycles. The molecule has 2 aromatic carbocycles. The largest absolute Gasteiger partial charge is 0.372 e. The summed E-state index contributed by atoms with van der Waals surface area (Å²) in [4.78, 5) is 10.7. The molecule has 0 spiro atoms. The van der Waals surface area contributed by atoms with Gasteiger partial charge in [-0.25, -0.2) is 0 Å². The molecule has 0 fully saturated rings. The molecule has 0 N–H and O–H groups in total. The van der Waals surface area contributed by atoms with Crippen LogP contribution in [0.4, 0.5) is 5.69 Å². The first-order valence-electron chi connectivity index (χ1n) is 6.71. The van der Waals surface area contributed by atoms with Crippen LogP contribution in [0, 0.1) is 10.1 Å². The van der Waals surface area contributed by atoms with Crippen LogP contribution in [0.25, 0.3) is 0 Å². The van der Waals surface area contributed by atoms with Crippen LogP contribution in [0.3, 0.4) is 0 Å². The van der Waals surface area contributed by atoms with Crippen molar-refractivity contribution in [2.45, 2.75) is 25.0 Å². The molecule has 1 atom stereocenters. The first-order valence-corrected chi connectivity index (χ1v) is 7.14. The van der Waals surface area contributed by atoms with Gasteiger partial charge in [-0.15, -0.1) is 11.6 Å². The van der Waals surface area contributed by atoms with Crippen molar-refractivity contribution in [1.82, 2.24) is 0 Å². The number of hydrogen-bond donors (Lipinski definition) is 0. The van der Waals surface area contributed by atoms with E-state index in [1.807, 2.05) is 18.2 Å². The molecule has 1 heterocycles. The van der Waals surface area contributed by atoms with E-state index < -0.39 is 0 Å². The molecule has 3 rings (SSSR count). The van der Waals surface area contributed by atoms with Gasteiger partial charge in [0, 0.05) is 11.6 Å². The number of halogens is 1. The molecule has 0 bridgehead atoms. The van der Waals surface area contributed by atoms with Gasteiger partial charge in [-0.2, -0.15) is 0 Å². The molecule has 1 unspecified atom stereocenters. The second-order valence-corrected chi connectivity index (χ2v) is 5.61. The van der Waals surface area contributed by atoms with Crippen LogP contribution in [0.15, 0.2) is 42.5 Å². The summed E-state index contributed by atoms with van der Waals surface area (Å²) in [6.45, 7) is 1.25. The fourth-order valence-electron chi connectivity index (χ4n) is 2.56. The molecule has 108 valence electrons. The highest BCUT2D eigenvalue weighted by molar-refractivity contribution is 6.21. The van der Waals surface area contributed by atoms with E-state index in [4.69, 9.17) is 16.3 Å². The smallest absolute Gasteiger partial charge is 0.272 e. The Bertz CT molecular complexity index is 687. The fourth-order valence-corrected chi connectivity index (χ4v) is 2.86. The zero-order valence-electron chi connectivity index (χ0n) is 11.3. The quantitative estimate of drug-likeness (QED) is 0.484. The molecule has 0 aliphatic carbocycles. The Morgan fingerprint density at radius 1 is 1.19 bits per heavy atom. The van der Waals surface area contributed by atoms with Gasteiger partial charge in [0.05, 0.1) is 23.5 Å². The van der Waals surface area contributed by atoms with Crippen molar-refractivity contribution in [3.05, 3.63) is 74.8 Å². The van der Waals surface area contributed by atoms with Crippen LogP contribution in [0.5, 0.6) is 0 Å². The van der Waals surface area contributed by atoms with Crippen molar-refractivity contribution in [2.75, 3.05) is 0 Å². The molecule has 0 saturated carbocycles. The standard InChI is InChI=1S/C16H14ClNO3/c17-15(8-12-3-1-2-4-16(12)18(19)20)11-5-6-13-9-21-10-14(13)7-11/h1-7,15H,8-10H2. The predicted molar refractivity (Wildman–Crippen MR) is 80.3 cm³/mol. The average Bonchev–Trinajstić information content (AvgIpc) is 2.94. The second kappa shape index (κ2) is 5.84. The van der Waals surface area contributed by atoms with E-state index in [-0.39, 0.29) is 16.0 Å². The van der Waals surface area contributed by atoms with Gasteiger partial charge in [-0.3, -0.25) is 10.1 Å². The van der Waals surface area contributed by atoms with Crippen molar-refractivity contribution in [1.29, 1.82) is 0 Å². The number of nitro benzene ring substituents is 1. The van der Waals surface area contributed by atoms with E-state index in [0.29, 0.717) is 25.2 Å². The number of benzene rings is 2. The van der Waals surface area contributed by atoms with Crippen LogP contribution >= 0.6 is 11.6 Å². The van der Waals surface area contributed by atoms with E-state index in [9.17, 15) is 10.1 Å². The molecule has 5 heteroatoms. The average molecular weight is 304 g/mol. The maximum atomic E-state index is 11.0. The van der Waals surface area contributed by atoms with Gasteiger partial charge in [0.25, 0.3) is 5.69 Å². The van der Waals surface area contributed by atoms with Crippen LogP contribution in [-0.2, 0) is 24.4 Å². The lowest BCUT2D eigenvalue weighted by Gasteiger charge is -2.11. The van der Waals surface area contributed by atoms with Gasteiger partial charge in [-0.1, -0.05) is 36.4 Å². The van der Waals surface area contributed by atoms with Crippen molar-refractivity contribution < 1.29 is 9.66 Å². The fraction of sp³-hybridized carbons (Fsp3) is 0.250. The molecule has 2 aromatic rings. The normalized spacial score (nSPS) is 14.7. The van der Waals surface area contributed by atoms with E-state index in [0.717, 1.165) is 11.1 Å². The molecule has 21 heavy (non-hydrogen) atoms. The number of alkyl halides is 1. The zero-order chi connectivity index (χ0) is 14.8.